The molecule has 0 N–H and O–H groups in total. The maximum absolute atomic E-state index is 10.5. The van der Waals surface area contributed by atoms with Gasteiger partial charge in [0.1, 0.15) is 0 Å². The van der Waals surface area contributed by atoms with E-state index < -0.39 is 11.7 Å². The Kier molecular flexibility index (Phi) is 4.37. The lowest BCUT2D eigenvalue weighted by Crippen LogP contribution is -1.49. The maximum atomic E-state index is 10.5. The highest BCUT2D eigenvalue weighted by atomic mass is 35.9. The first-order chi connectivity index (χ1) is 4.21. The summed E-state index contributed by atoms with van der Waals surface area (Å²) in [5, 5.41) is 0. The van der Waals surface area contributed by atoms with E-state index in [-0.39, 0.29) is 0 Å². The molecule has 0 aliphatic carbocycles. The molecule has 0 unspecified atom stereocenters. The lowest BCUT2D eigenvalue weighted by molar-refractivity contribution is 0.595. The molecule has 0 spiro atoms. The minimum Gasteiger partial charge on any atom is -0.285 e. The van der Waals surface area contributed by atoms with E-state index in [9.17, 15) is 9.13 Å². The van der Waals surface area contributed by atoms with Crippen molar-refractivity contribution in [2.45, 2.75) is 0 Å². The van der Waals surface area contributed by atoms with Crippen LogP contribution < -0.4 is 0 Å². The average Bonchev–Trinajstić information content (AvgIpc) is 1.57. The largest absolute Gasteiger partial charge is 0.285 e. The molecule has 0 heterocycles. The van der Waals surface area contributed by atoms with Crippen molar-refractivity contribution in [3.05, 3.63) is 11.6 Å². The van der Waals surface area contributed by atoms with Crippen molar-refractivity contribution in [1.29, 1.82) is 0 Å². The smallest absolute Gasteiger partial charge is 0.275 e. The van der Waals surface area contributed by atoms with E-state index >= 15 is 0 Å². The van der Waals surface area contributed by atoms with Crippen LogP contribution in [-0.4, -0.2) is 0 Å². The fourth-order valence-corrected chi connectivity index (χ4v) is 3.21. The molecule has 0 aromatic heterocycles. The Morgan fingerprint density at radius 1 is 0.800 bits per heavy atom. The van der Waals surface area contributed by atoms with Gasteiger partial charge in [0.15, 0.2) is 0 Å². The van der Waals surface area contributed by atoms with Crippen molar-refractivity contribution in [2.75, 3.05) is 0 Å². The minimum absolute atomic E-state index is 0.830. The van der Waals surface area contributed by atoms with E-state index in [0.29, 0.717) is 0 Å². The van der Waals surface area contributed by atoms with Gasteiger partial charge in [-0.05, 0) is 45.0 Å². The molecule has 0 amide bonds. The van der Waals surface area contributed by atoms with E-state index in [0.717, 1.165) is 11.6 Å². The Hall–Kier alpha value is 1.36. The second kappa shape index (κ2) is 3.85. The number of hydrogen-bond acceptors (Lipinski definition) is 2. The topological polar surface area (TPSA) is 34.1 Å². The molecule has 8 heteroatoms. The molecular formula is C2H2Cl4O2P2. The lowest BCUT2D eigenvalue weighted by Gasteiger charge is -1.91. The maximum Gasteiger partial charge on any atom is 0.275 e. The van der Waals surface area contributed by atoms with Gasteiger partial charge >= 0.3 is 0 Å². The molecule has 0 atom stereocenters. The van der Waals surface area contributed by atoms with Crippen LogP contribution >= 0.6 is 56.7 Å². The SMILES string of the molecule is O=P(Cl)(Cl)/C=C/P(=O)(Cl)Cl. The van der Waals surface area contributed by atoms with Crippen molar-refractivity contribution in [3.8, 4) is 0 Å². The number of hydrogen-bond donors (Lipinski definition) is 0. The predicted octanol–water partition coefficient (Wildman–Crippen LogP) is 4.80. The summed E-state index contributed by atoms with van der Waals surface area (Å²) in [6.45, 7) is 0. The van der Waals surface area contributed by atoms with Crippen LogP contribution in [0, 0.1) is 0 Å². The molecule has 60 valence electrons. The molecule has 0 bridgehead atoms. The van der Waals surface area contributed by atoms with Gasteiger partial charge in [0.25, 0.3) is 11.7 Å². The summed E-state index contributed by atoms with van der Waals surface area (Å²) >= 11 is 20.1. The zero-order chi connectivity index (χ0) is 8.41. The molecule has 0 saturated heterocycles. The van der Waals surface area contributed by atoms with Gasteiger partial charge in [0.2, 0.25) is 0 Å². The third-order valence-corrected chi connectivity index (χ3v) is 2.99. The molecule has 0 saturated carbocycles. The normalized spacial score (nSPS) is 14.4. The molecule has 2 nitrogen and oxygen atoms in total. The predicted molar refractivity (Wildman–Crippen MR) is 47.8 cm³/mol. The minimum atomic E-state index is -3.34. The van der Waals surface area contributed by atoms with Crippen molar-refractivity contribution >= 4 is 56.7 Å². The first kappa shape index (κ1) is 11.4. The summed E-state index contributed by atoms with van der Waals surface area (Å²) in [4.78, 5) is 0. The van der Waals surface area contributed by atoms with Crippen molar-refractivity contribution in [3.63, 3.8) is 0 Å². The second-order valence-electron chi connectivity index (χ2n) is 1.30. The highest BCUT2D eigenvalue weighted by Gasteiger charge is 2.13. The van der Waals surface area contributed by atoms with Gasteiger partial charge in [-0.25, -0.2) is 0 Å². The molecule has 0 aromatic rings. The fraction of sp³-hybridized carbons (Fsp3) is 0. The summed E-state index contributed by atoms with van der Waals surface area (Å²) in [5.74, 6) is -5.02. The van der Waals surface area contributed by atoms with E-state index in [4.69, 9.17) is 45.0 Å². The van der Waals surface area contributed by atoms with Gasteiger partial charge in [0.05, 0.1) is 0 Å². The first-order valence-corrected chi connectivity index (χ1v) is 9.06. The average molecular weight is 262 g/mol. The van der Waals surface area contributed by atoms with Crippen LogP contribution in [0.25, 0.3) is 0 Å². The monoisotopic (exact) mass is 260 g/mol. The van der Waals surface area contributed by atoms with Crippen molar-refractivity contribution < 1.29 is 9.13 Å². The molecule has 0 aliphatic rings. The molecule has 10 heavy (non-hydrogen) atoms. The van der Waals surface area contributed by atoms with Gasteiger partial charge in [0, 0.05) is 11.6 Å². The van der Waals surface area contributed by atoms with Gasteiger partial charge in [-0.1, -0.05) is 0 Å². The molecule has 0 rings (SSSR count). The Balaban J connectivity index is 4.31. The van der Waals surface area contributed by atoms with Crippen LogP contribution in [0.15, 0.2) is 11.6 Å². The van der Waals surface area contributed by atoms with E-state index in [1.807, 2.05) is 0 Å². The summed E-state index contributed by atoms with van der Waals surface area (Å²) < 4.78 is 20.9. The first-order valence-electron chi connectivity index (χ1n) is 1.89. The molecule has 0 fully saturated rings. The number of halogens is 4. The summed E-state index contributed by atoms with van der Waals surface area (Å²) in [6.07, 6.45) is 0. The van der Waals surface area contributed by atoms with Gasteiger partial charge in [-0.2, -0.15) is 0 Å². The molecule has 0 aromatic carbocycles. The third kappa shape index (κ3) is 9.36. The Labute approximate surface area is 77.4 Å². The van der Waals surface area contributed by atoms with Crippen molar-refractivity contribution in [1.82, 2.24) is 0 Å². The van der Waals surface area contributed by atoms with Gasteiger partial charge in [-0.3, -0.25) is 9.13 Å². The fourth-order valence-electron chi connectivity index (χ4n) is 0.155. The van der Waals surface area contributed by atoms with E-state index in [1.165, 1.54) is 0 Å². The highest BCUT2D eigenvalue weighted by molar-refractivity contribution is 8.13. The Bertz CT molecular complexity index is 199. The van der Waals surface area contributed by atoms with Crippen molar-refractivity contribution in [2.24, 2.45) is 0 Å². The van der Waals surface area contributed by atoms with Crippen LogP contribution in [0.1, 0.15) is 0 Å². The van der Waals surface area contributed by atoms with E-state index in [1.54, 1.807) is 0 Å². The Morgan fingerprint density at radius 3 is 1.10 bits per heavy atom. The summed E-state index contributed by atoms with van der Waals surface area (Å²) in [7, 11) is 0. The zero-order valence-corrected chi connectivity index (χ0v) is 9.19. The number of rotatable bonds is 2. The summed E-state index contributed by atoms with van der Waals surface area (Å²) in [5.41, 5.74) is 0. The molecule has 0 radical (unpaired) electrons. The van der Waals surface area contributed by atoms with Crippen LogP contribution in [0.5, 0.6) is 0 Å². The van der Waals surface area contributed by atoms with E-state index in [2.05, 4.69) is 0 Å². The summed E-state index contributed by atoms with van der Waals surface area (Å²) in [6, 6.07) is 0. The standard InChI is InChI=1S/C2H2Cl4O2P2/c3-9(4,7)1-2-10(5,6)8/h1-2H/b2-1+. The third-order valence-electron chi connectivity index (χ3n) is 0.414. The zero-order valence-electron chi connectivity index (χ0n) is 4.38. The van der Waals surface area contributed by atoms with Gasteiger partial charge < -0.3 is 0 Å². The quantitative estimate of drug-likeness (QED) is 0.669. The Morgan fingerprint density at radius 2 is 1.00 bits per heavy atom. The second-order valence-corrected chi connectivity index (χ2v) is 11.0. The van der Waals surface area contributed by atoms with Crippen LogP contribution in [0.3, 0.4) is 0 Å². The molecular weight excluding hydrogens is 260 g/mol. The van der Waals surface area contributed by atoms with Crippen LogP contribution in [0.4, 0.5) is 0 Å². The van der Waals surface area contributed by atoms with Crippen LogP contribution in [0.2, 0.25) is 0 Å². The highest BCUT2D eigenvalue weighted by Crippen LogP contribution is 2.64. The molecule has 0 aliphatic heterocycles. The van der Waals surface area contributed by atoms with Crippen LogP contribution in [-0.2, 0) is 9.13 Å². The van der Waals surface area contributed by atoms with Gasteiger partial charge in [-0.15, -0.1) is 0 Å². The lowest BCUT2D eigenvalue weighted by atomic mass is 11.3.